The molecule has 0 aliphatic rings. The van der Waals surface area contributed by atoms with Crippen LogP contribution in [0.1, 0.15) is 17.5 Å². The summed E-state index contributed by atoms with van der Waals surface area (Å²) in [6, 6.07) is 14.4. The van der Waals surface area contributed by atoms with Crippen LogP contribution in [0, 0.1) is 13.8 Å². The summed E-state index contributed by atoms with van der Waals surface area (Å²) >= 11 is 0. The van der Waals surface area contributed by atoms with Gasteiger partial charge in [0, 0.05) is 6.54 Å². The number of nitrogens with one attached hydrogen (secondary N) is 1. The van der Waals surface area contributed by atoms with Crippen molar-refractivity contribution in [2.45, 2.75) is 25.2 Å². The molecular formula is C17H21NO3S. The molecule has 0 aromatic heterocycles. The highest BCUT2D eigenvalue weighted by atomic mass is 32.2. The molecule has 2 rings (SSSR count). The van der Waals surface area contributed by atoms with Crippen LogP contribution in [-0.2, 0) is 10.0 Å². The van der Waals surface area contributed by atoms with Gasteiger partial charge in [0.15, 0.2) is 0 Å². The molecule has 0 amide bonds. The summed E-state index contributed by atoms with van der Waals surface area (Å²) < 4.78 is 32.3. The van der Waals surface area contributed by atoms with Crippen molar-refractivity contribution in [2.75, 3.05) is 13.2 Å². The van der Waals surface area contributed by atoms with E-state index in [0.29, 0.717) is 19.6 Å². The summed E-state index contributed by atoms with van der Waals surface area (Å²) in [5, 5.41) is 0. The number of hydrogen-bond donors (Lipinski definition) is 1. The Bertz CT molecular complexity index is 712. The van der Waals surface area contributed by atoms with Gasteiger partial charge >= 0.3 is 0 Å². The molecule has 0 fully saturated rings. The van der Waals surface area contributed by atoms with Crippen LogP contribution < -0.4 is 9.46 Å². The molecule has 0 bridgehead atoms. The monoisotopic (exact) mass is 319 g/mol. The minimum Gasteiger partial charge on any atom is -0.493 e. The number of aryl methyl sites for hydroxylation is 2. The SMILES string of the molecule is Cc1ccc(OCCCNS(=O)(=O)c2ccccc2)c(C)c1. The second kappa shape index (κ2) is 7.42. The highest BCUT2D eigenvalue weighted by Gasteiger charge is 2.11. The Morgan fingerprint density at radius 1 is 1.05 bits per heavy atom. The van der Waals surface area contributed by atoms with Gasteiger partial charge in [-0.05, 0) is 44.0 Å². The highest BCUT2D eigenvalue weighted by Crippen LogP contribution is 2.18. The minimum atomic E-state index is -3.42. The molecule has 0 saturated heterocycles. The lowest BCUT2D eigenvalue weighted by molar-refractivity contribution is 0.309. The van der Waals surface area contributed by atoms with E-state index in [9.17, 15) is 8.42 Å². The van der Waals surface area contributed by atoms with Crippen molar-refractivity contribution >= 4 is 10.0 Å². The topological polar surface area (TPSA) is 55.4 Å². The van der Waals surface area contributed by atoms with E-state index in [1.807, 2.05) is 26.0 Å². The molecule has 5 heteroatoms. The zero-order chi connectivity index (χ0) is 16.0. The van der Waals surface area contributed by atoms with Crippen LogP contribution in [0.4, 0.5) is 0 Å². The fraction of sp³-hybridized carbons (Fsp3) is 0.294. The van der Waals surface area contributed by atoms with Crippen molar-refractivity contribution in [1.82, 2.24) is 4.72 Å². The van der Waals surface area contributed by atoms with Crippen LogP contribution in [-0.4, -0.2) is 21.6 Å². The van der Waals surface area contributed by atoms with Crippen LogP contribution in [0.5, 0.6) is 5.75 Å². The molecule has 0 saturated carbocycles. The van der Waals surface area contributed by atoms with E-state index in [0.717, 1.165) is 11.3 Å². The molecular weight excluding hydrogens is 298 g/mol. The van der Waals surface area contributed by atoms with Crippen LogP contribution in [0.15, 0.2) is 53.4 Å². The zero-order valence-corrected chi connectivity index (χ0v) is 13.7. The predicted molar refractivity (Wildman–Crippen MR) is 87.7 cm³/mol. The second-order valence-corrected chi connectivity index (χ2v) is 6.95. The quantitative estimate of drug-likeness (QED) is 0.798. The van der Waals surface area contributed by atoms with Crippen LogP contribution in [0.2, 0.25) is 0 Å². The Morgan fingerprint density at radius 3 is 2.45 bits per heavy atom. The summed E-state index contributed by atoms with van der Waals surface area (Å²) in [7, 11) is -3.42. The van der Waals surface area contributed by atoms with E-state index in [1.165, 1.54) is 5.56 Å². The molecule has 0 radical (unpaired) electrons. The number of sulfonamides is 1. The molecule has 0 atom stereocenters. The summed E-state index contributed by atoms with van der Waals surface area (Å²) in [5.41, 5.74) is 2.28. The summed E-state index contributed by atoms with van der Waals surface area (Å²) in [5.74, 6) is 0.844. The normalized spacial score (nSPS) is 11.4. The first-order valence-electron chi connectivity index (χ1n) is 7.24. The van der Waals surface area contributed by atoms with E-state index in [4.69, 9.17) is 4.74 Å². The fourth-order valence-corrected chi connectivity index (χ4v) is 3.20. The molecule has 4 nitrogen and oxygen atoms in total. The number of benzene rings is 2. The van der Waals surface area contributed by atoms with E-state index >= 15 is 0 Å². The lowest BCUT2D eigenvalue weighted by atomic mass is 10.1. The zero-order valence-electron chi connectivity index (χ0n) is 12.9. The van der Waals surface area contributed by atoms with E-state index < -0.39 is 10.0 Å². The van der Waals surface area contributed by atoms with Gasteiger partial charge in [-0.1, -0.05) is 35.9 Å². The van der Waals surface area contributed by atoms with Gasteiger partial charge in [0.25, 0.3) is 0 Å². The third kappa shape index (κ3) is 4.58. The van der Waals surface area contributed by atoms with Gasteiger partial charge < -0.3 is 4.74 Å². The van der Waals surface area contributed by atoms with Gasteiger partial charge in [0.05, 0.1) is 11.5 Å². The average molecular weight is 319 g/mol. The van der Waals surface area contributed by atoms with Gasteiger partial charge in [0.2, 0.25) is 10.0 Å². The largest absolute Gasteiger partial charge is 0.493 e. The molecule has 118 valence electrons. The molecule has 2 aromatic rings. The van der Waals surface area contributed by atoms with Crippen molar-refractivity contribution in [3.8, 4) is 5.75 Å². The summed E-state index contributed by atoms with van der Waals surface area (Å²) in [6.45, 7) is 4.86. The maximum Gasteiger partial charge on any atom is 0.240 e. The van der Waals surface area contributed by atoms with E-state index in [2.05, 4.69) is 10.8 Å². The fourth-order valence-electron chi connectivity index (χ4n) is 2.11. The van der Waals surface area contributed by atoms with Crippen molar-refractivity contribution in [3.63, 3.8) is 0 Å². The molecule has 0 spiro atoms. The summed E-state index contributed by atoms with van der Waals surface area (Å²) in [6.07, 6.45) is 0.610. The summed E-state index contributed by atoms with van der Waals surface area (Å²) in [4.78, 5) is 0.283. The molecule has 0 unspecified atom stereocenters. The van der Waals surface area contributed by atoms with E-state index in [-0.39, 0.29) is 4.90 Å². The standard InChI is InChI=1S/C17H21NO3S/c1-14-9-10-17(15(2)13-14)21-12-6-11-18-22(19,20)16-7-4-3-5-8-16/h3-5,7-10,13,18H,6,11-12H2,1-2H3. The molecule has 1 N–H and O–H groups in total. The lowest BCUT2D eigenvalue weighted by Gasteiger charge is -2.10. The van der Waals surface area contributed by atoms with Crippen molar-refractivity contribution in [2.24, 2.45) is 0 Å². The first-order chi connectivity index (χ1) is 10.5. The number of rotatable bonds is 7. The van der Waals surface area contributed by atoms with Gasteiger partial charge in [-0.15, -0.1) is 0 Å². The Balaban J connectivity index is 1.78. The molecule has 0 aliphatic heterocycles. The van der Waals surface area contributed by atoms with Crippen LogP contribution in [0.3, 0.4) is 0 Å². The first kappa shape index (κ1) is 16.5. The molecule has 0 heterocycles. The van der Waals surface area contributed by atoms with Crippen molar-refractivity contribution < 1.29 is 13.2 Å². The smallest absolute Gasteiger partial charge is 0.240 e. The van der Waals surface area contributed by atoms with Crippen LogP contribution >= 0.6 is 0 Å². The number of ether oxygens (including phenoxy) is 1. The molecule has 22 heavy (non-hydrogen) atoms. The van der Waals surface area contributed by atoms with Crippen molar-refractivity contribution in [3.05, 3.63) is 59.7 Å². The molecule has 0 aliphatic carbocycles. The Kier molecular flexibility index (Phi) is 5.57. The van der Waals surface area contributed by atoms with Gasteiger partial charge in [-0.25, -0.2) is 13.1 Å². The first-order valence-corrected chi connectivity index (χ1v) is 8.72. The third-order valence-corrected chi connectivity index (χ3v) is 4.73. The van der Waals surface area contributed by atoms with Gasteiger partial charge in [0.1, 0.15) is 5.75 Å². The second-order valence-electron chi connectivity index (χ2n) is 5.18. The van der Waals surface area contributed by atoms with Crippen LogP contribution in [0.25, 0.3) is 0 Å². The Labute approximate surface area is 132 Å². The highest BCUT2D eigenvalue weighted by molar-refractivity contribution is 7.89. The predicted octanol–water partition coefficient (Wildman–Crippen LogP) is 3.05. The van der Waals surface area contributed by atoms with E-state index in [1.54, 1.807) is 30.3 Å². The van der Waals surface area contributed by atoms with Gasteiger partial charge in [-0.3, -0.25) is 0 Å². The maximum atomic E-state index is 12.0. The minimum absolute atomic E-state index is 0.283. The third-order valence-electron chi connectivity index (χ3n) is 3.25. The average Bonchev–Trinajstić information content (AvgIpc) is 2.50. The lowest BCUT2D eigenvalue weighted by Crippen LogP contribution is -2.25. The Hall–Kier alpha value is -1.85. The Morgan fingerprint density at radius 2 is 1.77 bits per heavy atom. The molecule has 2 aromatic carbocycles. The van der Waals surface area contributed by atoms with Crippen molar-refractivity contribution in [1.29, 1.82) is 0 Å². The van der Waals surface area contributed by atoms with Gasteiger partial charge in [-0.2, -0.15) is 0 Å². The maximum absolute atomic E-state index is 12.0. The number of hydrogen-bond acceptors (Lipinski definition) is 3.